The summed E-state index contributed by atoms with van der Waals surface area (Å²) in [4.78, 5) is 13.8. The van der Waals surface area contributed by atoms with Crippen molar-refractivity contribution in [2.75, 3.05) is 31.1 Å². The van der Waals surface area contributed by atoms with E-state index in [9.17, 15) is 0 Å². The molecule has 1 saturated carbocycles. The standard InChI is InChI=1S/C20H23N5O/c1-2-7-19-16(6-1)18(23-26-19)13-24-8-10-25(11-9-24)20-12-17(21-14-22-20)15-4-3-5-15/h1-2,6-7,12,14-15H,3-5,8-11,13H2. The average molecular weight is 349 g/mol. The summed E-state index contributed by atoms with van der Waals surface area (Å²) >= 11 is 0. The van der Waals surface area contributed by atoms with Crippen molar-refractivity contribution in [3.63, 3.8) is 0 Å². The molecule has 3 heterocycles. The Morgan fingerprint density at radius 3 is 2.69 bits per heavy atom. The van der Waals surface area contributed by atoms with Crippen molar-refractivity contribution in [3.8, 4) is 0 Å². The van der Waals surface area contributed by atoms with Crippen LogP contribution >= 0.6 is 0 Å². The van der Waals surface area contributed by atoms with Gasteiger partial charge in [0.25, 0.3) is 0 Å². The maximum atomic E-state index is 5.43. The van der Waals surface area contributed by atoms with Crippen molar-refractivity contribution in [2.45, 2.75) is 31.7 Å². The number of para-hydroxylation sites is 1. The first-order valence-corrected chi connectivity index (χ1v) is 9.49. The molecule has 1 saturated heterocycles. The van der Waals surface area contributed by atoms with Gasteiger partial charge in [0.05, 0.1) is 0 Å². The van der Waals surface area contributed by atoms with Crippen molar-refractivity contribution in [1.82, 2.24) is 20.0 Å². The third kappa shape index (κ3) is 2.94. The lowest BCUT2D eigenvalue weighted by Crippen LogP contribution is -2.46. The molecule has 2 fully saturated rings. The third-order valence-electron chi connectivity index (χ3n) is 5.72. The van der Waals surface area contributed by atoms with Crippen LogP contribution in [-0.4, -0.2) is 46.2 Å². The number of hydrogen-bond donors (Lipinski definition) is 0. The van der Waals surface area contributed by atoms with E-state index in [1.165, 1.54) is 25.0 Å². The molecule has 6 heteroatoms. The molecule has 26 heavy (non-hydrogen) atoms. The SMILES string of the molecule is c1ccc2c(CN3CCN(c4cc(C5CCC5)ncn4)CC3)noc2c1. The van der Waals surface area contributed by atoms with Crippen molar-refractivity contribution in [1.29, 1.82) is 0 Å². The van der Waals surface area contributed by atoms with Crippen LogP contribution in [0.1, 0.15) is 36.6 Å². The predicted octanol–water partition coefficient (Wildman–Crippen LogP) is 3.21. The minimum atomic E-state index is 0.651. The molecule has 3 aromatic rings. The fraction of sp³-hybridized carbons (Fsp3) is 0.450. The highest BCUT2D eigenvalue weighted by molar-refractivity contribution is 5.79. The van der Waals surface area contributed by atoms with Crippen molar-refractivity contribution in [2.24, 2.45) is 0 Å². The summed E-state index contributed by atoms with van der Waals surface area (Å²) < 4.78 is 5.43. The van der Waals surface area contributed by atoms with Gasteiger partial charge in [0.2, 0.25) is 0 Å². The van der Waals surface area contributed by atoms with E-state index in [-0.39, 0.29) is 0 Å². The zero-order valence-electron chi connectivity index (χ0n) is 14.8. The summed E-state index contributed by atoms with van der Waals surface area (Å²) in [7, 11) is 0. The van der Waals surface area contributed by atoms with Crippen molar-refractivity contribution < 1.29 is 4.52 Å². The van der Waals surface area contributed by atoms with Gasteiger partial charge >= 0.3 is 0 Å². The maximum absolute atomic E-state index is 5.43. The molecule has 1 aromatic carbocycles. The molecule has 0 atom stereocenters. The van der Waals surface area contributed by atoms with Crippen LogP contribution in [0.4, 0.5) is 5.82 Å². The van der Waals surface area contributed by atoms with Gasteiger partial charge in [0.1, 0.15) is 17.8 Å². The molecule has 0 amide bonds. The Bertz CT molecular complexity index is 896. The van der Waals surface area contributed by atoms with E-state index in [4.69, 9.17) is 4.52 Å². The zero-order chi connectivity index (χ0) is 17.3. The van der Waals surface area contributed by atoms with Gasteiger partial charge < -0.3 is 9.42 Å². The van der Waals surface area contributed by atoms with E-state index in [1.807, 2.05) is 18.2 Å². The molecule has 5 rings (SSSR count). The van der Waals surface area contributed by atoms with Crippen LogP contribution in [-0.2, 0) is 6.54 Å². The normalized spacial score (nSPS) is 19.0. The molecule has 0 spiro atoms. The molecule has 2 aromatic heterocycles. The van der Waals surface area contributed by atoms with Gasteiger partial charge in [-0.3, -0.25) is 4.90 Å². The number of hydrogen-bond acceptors (Lipinski definition) is 6. The Hall–Kier alpha value is -2.47. The Balaban J connectivity index is 1.23. The van der Waals surface area contributed by atoms with Gasteiger partial charge in [-0.05, 0) is 25.0 Å². The highest BCUT2D eigenvalue weighted by atomic mass is 16.5. The summed E-state index contributed by atoms with van der Waals surface area (Å²) in [5.41, 5.74) is 3.12. The molecule has 0 N–H and O–H groups in total. The zero-order valence-corrected chi connectivity index (χ0v) is 14.8. The van der Waals surface area contributed by atoms with Crippen molar-refractivity contribution >= 4 is 16.8 Å². The Kier molecular flexibility index (Phi) is 4.05. The Labute approximate surface area is 152 Å². The van der Waals surface area contributed by atoms with E-state index in [0.717, 1.165) is 55.2 Å². The number of benzene rings is 1. The maximum Gasteiger partial charge on any atom is 0.167 e. The summed E-state index contributed by atoms with van der Waals surface area (Å²) in [5.74, 6) is 1.73. The molecule has 1 aliphatic carbocycles. The first kappa shape index (κ1) is 15.8. The lowest BCUT2D eigenvalue weighted by molar-refractivity contribution is 0.243. The number of anilines is 1. The summed E-state index contributed by atoms with van der Waals surface area (Å²) in [6.07, 6.45) is 5.61. The topological polar surface area (TPSA) is 58.3 Å². The number of nitrogens with zero attached hydrogens (tertiary/aromatic N) is 5. The highest BCUT2D eigenvalue weighted by Gasteiger charge is 2.24. The molecule has 134 valence electrons. The number of fused-ring (bicyclic) bond motifs is 1. The molecule has 0 radical (unpaired) electrons. The number of piperazine rings is 1. The Morgan fingerprint density at radius 1 is 1.04 bits per heavy atom. The fourth-order valence-corrected chi connectivity index (χ4v) is 3.86. The second-order valence-electron chi connectivity index (χ2n) is 7.32. The van der Waals surface area contributed by atoms with Gasteiger partial charge in [-0.1, -0.05) is 23.7 Å². The van der Waals surface area contributed by atoms with Gasteiger partial charge in [-0.25, -0.2) is 9.97 Å². The lowest BCUT2D eigenvalue weighted by atomic mass is 9.83. The second-order valence-corrected chi connectivity index (χ2v) is 7.32. The van der Waals surface area contributed by atoms with E-state index in [0.29, 0.717) is 5.92 Å². The minimum Gasteiger partial charge on any atom is -0.356 e. The minimum absolute atomic E-state index is 0.651. The van der Waals surface area contributed by atoms with Crippen LogP contribution in [0.3, 0.4) is 0 Å². The molecule has 1 aliphatic heterocycles. The van der Waals surface area contributed by atoms with Gasteiger partial charge in [0.15, 0.2) is 5.58 Å². The number of rotatable bonds is 4. The van der Waals surface area contributed by atoms with Crippen LogP contribution in [0.15, 0.2) is 41.2 Å². The molecule has 6 nitrogen and oxygen atoms in total. The summed E-state index contributed by atoms with van der Waals surface area (Å²) in [5, 5.41) is 5.38. The third-order valence-corrected chi connectivity index (χ3v) is 5.72. The second kappa shape index (κ2) is 6.68. The monoisotopic (exact) mass is 349 g/mol. The van der Waals surface area contributed by atoms with Gasteiger partial charge in [-0.2, -0.15) is 0 Å². The lowest BCUT2D eigenvalue weighted by Gasteiger charge is -2.35. The van der Waals surface area contributed by atoms with Crippen LogP contribution in [0, 0.1) is 0 Å². The highest BCUT2D eigenvalue weighted by Crippen LogP contribution is 2.35. The van der Waals surface area contributed by atoms with E-state index < -0.39 is 0 Å². The largest absolute Gasteiger partial charge is 0.356 e. The van der Waals surface area contributed by atoms with Crippen LogP contribution < -0.4 is 4.90 Å². The van der Waals surface area contributed by atoms with Crippen LogP contribution in [0.25, 0.3) is 11.0 Å². The molecular formula is C20H23N5O. The van der Waals surface area contributed by atoms with Gasteiger partial charge in [0, 0.05) is 55.8 Å². The van der Waals surface area contributed by atoms with E-state index in [2.05, 4.69) is 37.1 Å². The average Bonchev–Trinajstić information content (AvgIpc) is 3.04. The summed E-state index contributed by atoms with van der Waals surface area (Å²) in [6, 6.07) is 10.3. The predicted molar refractivity (Wildman–Crippen MR) is 100 cm³/mol. The Morgan fingerprint density at radius 2 is 1.88 bits per heavy atom. The van der Waals surface area contributed by atoms with Crippen molar-refractivity contribution in [3.05, 3.63) is 48.0 Å². The quantitative estimate of drug-likeness (QED) is 0.721. The molecule has 0 bridgehead atoms. The fourth-order valence-electron chi connectivity index (χ4n) is 3.86. The van der Waals surface area contributed by atoms with E-state index in [1.54, 1.807) is 6.33 Å². The van der Waals surface area contributed by atoms with Gasteiger partial charge in [-0.15, -0.1) is 0 Å². The molecule has 2 aliphatic rings. The summed E-state index contributed by atoms with van der Waals surface area (Å²) in [6.45, 7) is 4.81. The molecule has 0 unspecified atom stereocenters. The van der Waals surface area contributed by atoms with E-state index >= 15 is 0 Å². The first-order valence-electron chi connectivity index (χ1n) is 9.49. The number of aromatic nitrogens is 3. The first-order chi connectivity index (χ1) is 12.9. The molecular weight excluding hydrogens is 326 g/mol. The smallest absolute Gasteiger partial charge is 0.167 e. The van der Waals surface area contributed by atoms with Crippen LogP contribution in [0.5, 0.6) is 0 Å². The van der Waals surface area contributed by atoms with Crippen LogP contribution in [0.2, 0.25) is 0 Å².